The minimum absolute atomic E-state index is 0.360. The van der Waals surface area contributed by atoms with Gasteiger partial charge in [0.25, 0.3) is 5.91 Å². The van der Waals surface area contributed by atoms with Crippen molar-refractivity contribution in [2.75, 3.05) is 26.1 Å². The number of methoxy groups -OCH3 is 2. The number of hydrogen-bond acceptors (Lipinski definition) is 5. The number of carbonyl (C=O) groups is 2. The number of amides is 1. The van der Waals surface area contributed by atoms with Crippen molar-refractivity contribution in [2.24, 2.45) is 0 Å². The highest BCUT2D eigenvalue weighted by Crippen LogP contribution is 2.23. The fourth-order valence-electron chi connectivity index (χ4n) is 2.34. The molecule has 2 aromatic rings. The van der Waals surface area contributed by atoms with Gasteiger partial charge in [-0.05, 0) is 47.9 Å². The second-order valence-corrected chi connectivity index (χ2v) is 5.69. The molecule has 6 heteroatoms. The Kier molecular flexibility index (Phi) is 7.43. The van der Waals surface area contributed by atoms with Gasteiger partial charge in [0, 0.05) is 17.8 Å². The lowest BCUT2D eigenvalue weighted by atomic mass is 10.1. The third kappa shape index (κ3) is 6.51. The lowest BCUT2D eigenvalue weighted by molar-refractivity contribution is -0.142. The lowest BCUT2D eigenvalue weighted by Crippen LogP contribution is -2.20. The van der Waals surface area contributed by atoms with Crippen molar-refractivity contribution in [1.82, 2.24) is 0 Å². The summed E-state index contributed by atoms with van der Waals surface area (Å²) in [6.07, 6.45) is 3.69. The van der Waals surface area contributed by atoms with E-state index in [4.69, 9.17) is 14.2 Å². The van der Waals surface area contributed by atoms with E-state index in [1.54, 1.807) is 44.6 Å². The SMILES string of the molecule is CCc1cccc(NC(=O)COC(=O)/C=C/c2cc(OC)cc(OC)c2)c1. The molecule has 0 atom stereocenters. The smallest absolute Gasteiger partial charge is 0.331 e. The van der Waals surface area contributed by atoms with Gasteiger partial charge < -0.3 is 19.5 Å². The average Bonchev–Trinajstić information content (AvgIpc) is 2.70. The quantitative estimate of drug-likeness (QED) is 0.570. The molecule has 27 heavy (non-hydrogen) atoms. The Labute approximate surface area is 158 Å². The van der Waals surface area contributed by atoms with Crippen molar-refractivity contribution in [3.63, 3.8) is 0 Å². The first-order valence-electron chi connectivity index (χ1n) is 8.50. The molecule has 0 aromatic heterocycles. The molecule has 0 unspecified atom stereocenters. The second kappa shape index (κ2) is 10.0. The molecular formula is C21H23NO5. The molecule has 0 saturated carbocycles. The van der Waals surface area contributed by atoms with Crippen LogP contribution in [0.3, 0.4) is 0 Å². The largest absolute Gasteiger partial charge is 0.497 e. The van der Waals surface area contributed by atoms with Crippen LogP contribution in [-0.4, -0.2) is 32.7 Å². The van der Waals surface area contributed by atoms with Gasteiger partial charge in [-0.2, -0.15) is 0 Å². The van der Waals surface area contributed by atoms with Gasteiger partial charge in [-0.25, -0.2) is 4.79 Å². The highest BCUT2D eigenvalue weighted by molar-refractivity contribution is 5.94. The van der Waals surface area contributed by atoms with Crippen LogP contribution in [-0.2, 0) is 20.7 Å². The van der Waals surface area contributed by atoms with Crippen molar-refractivity contribution in [3.8, 4) is 11.5 Å². The van der Waals surface area contributed by atoms with Crippen LogP contribution in [0.1, 0.15) is 18.1 Å². The van der Waals surface area contributed by atoms with Gasteiger partial charge in [-0.1, -0.05) is 19.1 Å². The predicted molar refractivity (Wildman–Crippen MR) is 104 cm³/mol. The zero-order chi connectivity index (χ0) is 19.6. The number of esters is 1. The summed E-state index contributed by atoms with van der Waals surface area (Å²) in [5.41, 5.74) is 2.50. The molecule has 0 saturated heterocycles. The van der Waals surface area contributed by atoms with Crippen molar-refractivity contribution in [1.29, 1.82) is 0 Å². The van der Waals surface area contributed by atoms with Gasteiger partial charge in [-0.3, -0.25) is 4.79 Å². The highest BCUT2D eigenvalue weighted by Gasteiger charge is 2.06. The molecule has 2 aromatic carbocycles. The topological polar surface area (TPSA) is 73.9 Å². The summed E-state index contributed by atoms with van der Waals surface area (Å²) < 4.78 is 15.3. The van der Waals surface area contributed by atoms with E-state index >= 15 is 0 Å². The maximum Gasteiger partial charge on any atom is 0.331 e. The first-order chi connectivity index (χ1) is 13.0. The second-order valence-electron chi connectivity index (χ2n) is 5.69. The summed E-state index contributed by atoms with van der Waals surface area (Å²) in [6, 6.07) is 12.7. The Hall–Kier alpha value is -3.28. The third-order valence-electron chi connectivity index (χ3n) is 3.75. The molecule has 0 aliphatic heterocycles. The minimum Gasteiger partial charge on any atom is -0.497 e. The zero-order valence-corrected chi connectivity index (χ0v) is 15.7. The summed E-state index contributed by atoms with van der Waals surface area (Å²) in [6.45, 7) is 1.67. The van der Waals surface area contributed by atoms with Crippen LogP contribution in [0.15, 0.2) is 48.5 Å². The molecule has 0 aliphatic carbocycles. The fourth-order valence-corrected chi connectivity index (χ4v) is 2.34. The van der Waals surface area contributed by atoms with E-state index in [-0.39, 0.29) is 6.61 Å². The van der Waals surface area contributed by atoms with Crippen LogP contribution in [0.5, 0.6) is 11.5 Å². The number of benzene rings is 2. The van der Waals surface area contributed by atoms with Gasteiger partial charge in [0.15, 0.2) is 6.61 Å². The van der Waals surface area contributed by atoms with E-state index in [9.17, 15) is 9.59 Å². The molecule has 2 rings (SSSR count). The van der Waals surface area contributed by atoms with Crippen LogP contribution >= 0.6 is 0 Å². The van der Waals surface area contributed by atoms with E-state index < -0.39 is 11.9 Å². The molecule has 6 nitrogen and oxygen atoms in total. The average molecular weight is 369 g/mol. The van der Waals surface area contributed by atoms with E-state index in [1.807, 2.05) is 25.1 Å². The van der Waals surface area contributed by atoms with Crippen molar-refractivity contribution >= 4 is 23.6 Å². The van der Waals surface area contributed by atoms with Crippen LogP contribution in [0, 0.1) is 0 Å². The summed E-state index contributed by atoms with van der Waals surface area (Å²) in [5, 5.41) is 2.70. The summed E-state index contributed by atoms with van der Waals surface area (Å²) >= 11 is 0. The van der Waals surface area contributed by atoms with Crippen molar-refractivity contribution in [2.45, 2.75) is 13.3 Å². The van der Waals surface area contributed by atoms with E-state index in [1.165, 1.54) is 6.08 Å². The molecule has 1 amide bonds. The van der Waals surface area contributed by atoms with Gasteiger partial charge in [0.05, 0.1) is 14.2 Å². The molecule has 1 N–H and O–H groups in total. The van der Waals surface area contributed by atoms with E-state index in [2.05, 4.69) is 5.32 Å². The van der Waals surface area contributed by atoms with Crippen LogP contribution in [0.25, 0.3) is 6.08 Å². The summed E-state index contributed by atoms with van der Waals surface area (Å²) in [5.74, 6) is 0.203. The number of hydrogen-bond donors (Lipinski definition) is 1. The maximum atomic E-state index is 11.9. The summed E-state index contributed by atoms with van der Waals surface area (Å²) in [4.78, 5) is 23.7. The molecule has 0 aliphatic rings. The third-order valence-corrected chi connectivity index (χ3v) is 3.75. The van der Waals surface area contributed by atoms with Crippen LogP contribution in [0.2, 0.25) is 0 Å². The first kappa shape index (κ1) is 20.0. The monoisotopic (exact) mass is 369 g/mol. The van der Waals surface area contributed by atoms with E-state index in [0.29, 0.717) is 22.7 Å². The van der Waals surface area contributed by atoms with Gasteiger partial charge in [0.1, 0.15) is 11.5 Å². The zero-order valence-electron chi connectivity index (χ0n) is 15.7. The minimum atomic E-state index is -0.616. The maximum absolute atomic E-state index is 11.9. The number of anilines is 1. The molecule has 142 valence electrons. The molecular weight excluding hydrogens is 346 g/mol. The van der Waals surface area contributed by atoms with Gasteiger partial charge in [-0.15, -0.1) is 0 Å². The molecule has 0 radical (unpaired) electrons. The van der Waals surface area contributed by atoms with Gasteiger partial charge >= 0.3 is 5.97 Å². The Bertz CT molecular complexity index is 807. The summed E-state index contributed by atoms with van der Waals surface area (Å²) in [7, 11) is 3.09. The van der Waals surface area contributed by atoms with Crippen molar-refractivity contribution in [3.05, 3.63) is 59.7 Å². The first-order valence-corrected chi connectivity index (χ1v) is 8.50. The Morgan fingerprint density at radius 3 is 2.37 bits per heavy atom. The van der Waals surface area contributed by atoms with Crippen molar-refractivity contribution < 1.29 is 23.8 Å². The number of carbonyl (C=O) groups excluding carboxylic acids is 2. The number of ether oxygens (including phenoxy) is 3. The highest BCUT2D eigenvalue weighted by atomic mass is 16.5. The lowest BCUT2D eigenvalue weighted by Gasteiger charge is -2.07. The Morgan fingerprint density at radius 1 is 1.04 bits per heavy atom. The normalized spacial score (nSPS) is 10.5. The number of rotatable bonds is 8. The standard InChI is InChI=1S/C21H23NO5/c1-4-15-6-5-7-17(10-15)22-20(23)14-27-21(24)9-8-16-11-18(25-2)13-19(12-16)26-3/h5-13H,4,14H2,1-3H3,(H,22,23)/b9-8+. The number of nitrogens with one attached hydrogen (secondary N) is 1. The fraction of sp³-hybridized carbons (Fsp3) is 0.238. The van der Waals surface area contributed by atoms with Crippen LogP contribution < -0.4 is 14.8 Å². The van der Waals surface area contributed by atoms with E-state index in [0.717, 1.165) is 12.0 Å². The Balaban J connectivity index is 1.88. The predicted octanol–water partition coefficient (Wildman–Crippen LogP) is 3.46. The molecule has 0 bridgehead atoms. The van der Waals surface area contributed by atoms with Gasteiger partial charge in [0.2, 0.25) is 0 Å². The molecule has 0 fully saturated rings. The van der Waals surface area contributed by atoms with Crippen LogP contribution in [0.4, 0.5) is 5.69 Å². The molecule has 0 heterocycles. The number of aryl methyl sites for hydroxylation is 1. The molecule has 0 spiro atoms. The Morgan fingerprint density at radius 2 is 1.74 bits per heavy atom.